The van der Waals surface area contributed by atoms with Gasteiger partial charge >= 0.3 is 0 Å². The average molecular weight is 252 g/mol. The van der Waals surface area contributed by atoms with E-state index >= 15 is 0 Å². The minimum atomic E-state index is 0.188. The Morgan fingerprint density at radius 2 is 1.89 bits per heavy atom. The fourth-order valence-corrected chi connectivity index (χ4v) is 1.56. The van der Waals surface area contributed by atoms with Crippen molar-refractivity contribution >= 4 is 0 Å². The van der Waals surface area contributed by atoms with E-state index in [9.17, 15) is 5.11 Å². The number of phenols is 1. The standard InChI is InChI=1S/C11H14O2.C4H10O/c1-4-5-9-6-7-10(12)11(13-3)8(9)2;1-3-5-4-2/h4,6-7,12H,1,5H2,2-3H3;3-4H2,1-2H3. The van der Waals surface area contributed by atoms with Crippen molar-refractivity contribution < 1.29 is 14.6 Å². The third-order valence-corrected chi connectivity index (χ3v) is 2.47. The van der Waals surface area contributed by atoms with Crippen LogP contribution in [0.15, 0.2) is 24.8 Å². The molecule has 0 fully saturated rings. The molecule has 102 valence electrons. The highest BCUT2D eigenvalue weighted by atomic mass is 16.5. The summed E-state index contributed by atoms with van der Waals surface area (Å²) in [6.45, 7) is 11.3. The van der Waals surface area contributed by atoms with Crippen LogP contribution in [0.4, 0.5) is 0 Å². The summed E-state index contributed by atoms with van der Waals surface area (Å²) in [5, 5.41) is 9.43. The average Bonchev–Trinajstić information content (AvgIpc) is 2.35. The van der Waals surface area contributed by atoms with E-state index in [2.05, 4.69) is 6.58 Å². The van der Waals surface area contributed by atoms with Crippen molar-refractivity contribution in [1.29, 1.82) is 0 Å². The Kier molecular flexibility index (Phi) is 8.76. The van der Waals surface area contributed by atoms with Crippen LogP contribution in [0.3, 0.4) is 0 Å². The molecule has 3 nitrogen and oxygen atoms in total. The fraction of sp³-hybridized carbons (Fsp3) is 0.467. The topological polar surface area (TPSA) is 38.7 Å². The maximum absolute atomic E-state index is 9.43. The first-order valence-corrected chi connectivity index (χ1v) is 6.16. The Balaban J connectivity index is 0.000000494. The van der Waals surface area contributed by atoms with Gasteiger partial charge in [0, 0.05) is 13.2 Å². The number of hydrogen-bond donors (Lipinski definition) is 1. The number of aromatic hydroxyl groups is 1. The van der Waals surface area contributed by atoms with Crippen LogP contribution >= 0.6 is 0 Å². The molecule has 0 amide bonds. The Hall–Kier alpha value is -1.48. The molecule has 0 aliphatic carbocycles. The molecular weight excluding hydrogens is 228 g/mol. The quantitative estimate of drug-likeness (QED) is 0.815. The highest BCUT2D eigenvalue weighted by molar-refractivity contribution is 5.49. The van der Waals surface area contributed by atoms with Crippen LogP contribution in [0.2, 0.25) is 0 Å². The minimum Gasteiger partial charge on any atom is -0.504 e. The highest BCUT2D eigenvalue weighted by Gasteiger charge is 2.07. The summed E-state index contributed by atoms with van der Waals surface area (Å²) in [6.07, 6.45) is 2.63. The van der Waals surface area contributed by atoms with Crippen LogP contribution in [-0.4, -0.2) is 25.4 Å². The van der Waals surface area contributed by atoms with Gasteiger partial charge in [-0.15, -0.1) is 6.58 Å². The van der Waals surface area contributed by atoms with Crippen LogP contribution < -0.4 is 4.74 Å². The first-order chi connectivity index (χ1) is 8.62. The van der Waals surface area contributed by atoms with Crippen molar-refractivity contribution in [3.05, 3.63) is 35.9 Å². The van der Waals surface area contributed by atoms with E-state index < -0.39 is 0 Å². The predicted octanol–water partition coefficient (Wildman–Crippen LogP) is 3.48. The molecule has 0 heterocycles. The molecule has 0 aliphatic rings. The molecular formula is C15H24O3. The van der Waals surface area contributed by atoms with Gasteiger partial charge in [-0.3, -0.25) is 0 Å². The Morgan fingerprint density at radius 1 is 1.28 bits per heavy atom. The van der Waals surface area contributed by atoms with E-state index in [0.29, 0.717) is 5.75 Å². The monoisotopic (exact) mass is 252 g/mol. The molecule has 3 heteroatoms. The minimum absolute atomic E-state index is 0.188. The normalized spacial score (nSPS) is 9.33. The van der Waals surface area contributed by atoms with Crippen molar-refractivity contribution in [2.24, 2.45) is 0 Å². The Morgan fingerprint density at radius 3 is 2.28 bits per heavy atom. The number of hydrogen-bond acceptors (Lipinski definition) is 3. The molecule has 0 radical (unpaired) electrons. The molecule has 18 heavy (non-hydrogen) atoms. The third-order valence-electron chi connectivity index (χ3n) is 2.47. The second-order valence-electron chi connectivity index (χ2n) is 3.68. The lowest BCUT2D eigenvalue weighted by Crippen LogP contribution is -1.93. The largest absolute Gasteiger partial charge is 0.504 e. The van der Waals surface area contributed by atoms with Crippen molar-refractivity contribution in [2.75, 3.05) is 20.3 Å². The van der Waals surface area contributed by atoms with E-state index in [1.807, 2.05) is 32.9 Å². The van der Waals surface area contributed by atoms with Gasteiger partial charge in [-0.05, 0) is 44.4 Å². The van der Waals surface area contributed by atoms with E-state index in [1.165, 1.54) is 0 Å². The van der Waals surface area contributed by atoms with Crippen molar-refractivity contribution in [3.63, 3.8) is 0 Å². The zero-order valence-electron chi connectivity index (χ0n) is 11.8. The van der Waals surface area contributed by atoms with Gasteiger partial charge in [-0.25, -0.2) is 0 Å². The number of ether oxygens (including phenoxy) is 2. The molecule has 0 saturated carbocycles. The third kappa shape index (κ3) is 5.23. The molecule has 0 spiro atoms. The predicted molar refractivity (Wildman–Crippen MR) is 75.5 cm³/mol. The lowest BCUT2D eigenvalue weighted by molar-refractivity contribution is 0.162. The van der Waals surface area contributed by atoms with Gasteiger partial charge in [-0.2, -0.15) is 0 Å². The van der Waals surface area contributed by atoms with Crippen LogP contribution in [0.1, 0.15) is 25.0 Å². The molecule has 0 bridgehead atoms. The Labute approximate surface area is 110 Å². The highest BCUT2D eigenvalue weighted by Crippen LogP contribution is 2.31. The molecule has 0 unspecified atom stereocenters. The van der Waals surface area contributed by atoms with Crippen LogP contribution in [-0.2, 0) is 11.2 Å². The molecule has 0 aliphatic heterocycles. The van der Waals surface area contributed by atoms with Gasteiger partial charge in [0.25, 0.3) is 0 Å². The molecule has 1 aromatic carbocycles. The smallest absolute Gasteiger partial charge is 0.163 e. The van der Waals surface area contributed by atoms with Crippen molar-refractivity contribution in [1.82, 2.24) is 0 Å². The van der Waals surface area contributed by atoms with E-state index in [-0.39, 0.29) is 5.75 Å². The van der Waals surface area contributed by atoms with Crippen molar-refractivity contribution in [2.45, 2.75) is 27.2 Å². The summed E-state index contributed by atoms with van der Waals surface area (Å²) in [6, 6.07) is 3.53. The van der Waals surface area contributed by atoms with Gasteiger partial charge in [0.15, 0.2) is 11.5 Å². The van der Waals surface area contributed by atoms with Gasteiger partial charge in [0.05, 0.1) is 7.11 Å². The summed E-state index contributed by atoms with van der Waals surface area (Å²) in [5.74, 6) is 0.743. The van der Waals surface area contributed by atoms with Crippen LogP contribution in [0.5, 0.6) is 11.5 Å². The molecule has 1 N–H and O–H groups in total. The first kappa shape index (κ1) is 16.5. The number of phenolic OH excluding ortho intramolecular Hbond substituents is 1. The van der Waals surface area contributed by atoms with Gasteiger partial charge in [0.1, 0.15) is 0 Å². The Bertz CT molecular complexity index is 357. The molecule has 1 rings (SSSR count). The fourth-order valence-electron chi connectivity index (χ4n) is 1.56. The maximum Gasteiger partial charge on any atom is 0.163 e. The lowest BCUT2D eigenvalue weighted by atomic mass is 10.0. The van der Waals surface area contributed by atoms with Gasteiger partial charge in [-0.1, -0.05) is 12.1 Å². The summed E-state index contributed by atoms with van der Waals surface area (Å²) >= 11 is 0. The zero-order valence-corrected chi connectivity index (χ0v) is 11.8. The molecule has 0 saturated heterocycles. The summed E-state index contributed by atoms with van der Waals surface area (Å²) < 4.78 is 9.91. The number of methoxy groups -OCH3 is 1. The van der Waals surface area contributed by atoms with E-state index in [1.54, 1.807) is 13.2 Å². The molecule has 0 aromatic heterocycles. The molecule has 1 aromatic rings. The lowest BCUT2D eigenvalue weighted by Gasteiger charge is -2.10. The summed E-state index contributed by atoms with van der Waals surface area (Å²) in [7, 11) is 1.56. The zero-order chi connectivity index (χ0) is 14.0. The van der Waals surface area contributed by atoms with Crippen LogP contribution in [0, 0.1) is 6.92 Å². The number of benzene rings is 1. The van der Waals surface area contributed by atoms with Crippen molar-refractivity contribution in [3.8, 4) is 11.5 Å². The van der Waals surface area contributed by atoms with Gasteiger partial charge < -0.3 is 14.6 Å². The van der Waals surface area contributed by atoms with Gasteiger partial charge in [0.2, 0.25) is 0 Å². The summed E-state index contributed by atoms with van der Waals surface area (Å²) in [4.78, 5) is 0. The second kappa shape index (κ2) is 9.54. The molecule has 0 atom stereocenters. The van der Waals surface area contributed by atoms with Crippen LogP contribution in [0.25, 0.3) is 0 Å². The first-order valence-electron chi connectivity index (χ1n) is 6.16. The summed E-state index contributed by atoms with van der Waals surface area (Å²) in [5.41, 5.74) is 2.10. The van der Waals surface area contributed by atoms with E-state index in [0.717, 1.165) is 30.8 Å². The SMILES string of the molecule is C=CCc1ccc(O)c(OC)c1C.CCOCC. The number of rotatable bonds is 5. The number of allylic oxidation sites excluding steroid dienone is 1. The van der Waals surface area contributed by atoms with E-state index in [4.69, 9.17) is 9.47 Å². The second-order valence-corrected chi connectivity index (χ2v) is 3.68. The maximum atomic E-state index is 9.43.